The monoisotopic (exact) mass is 246 g/mol. The van der Waals surface area contributed by atoms with Crippen LogP contribution in [0.3, 0.4) is 0 Å². The van der Waals surface area contributed by atoms with Crippen LogP contribution in [-0.4, -0.2) is 18.9 Å². The third-order valence-corrected chi connectivity index (χ3v) is 3.32. The lowest BCUT2D eigenvalue weighted by Gasteiger charge is -2.12. The number of carbonyl (C=O) groups is 2. The lowest BCUT2D eigenvalue weighted by Crippen LogP contribution is -2.04. The van der Waals surface area contributed by atoms with Crippen LogP contribution in [0.2, 0.25) is 0 Å². The molecule has 0 aliphatic heterocycles. The van der Waals surface area contributed by atoms with E-state index in [0.29, 0.717) is 5.56 Å². The zero-order valence-electron chi connectivity index (χ0n) is 11.5. The average molecular weight is 246 g/mol. The predicted molar refractivity (Wildman–Crippen MR) is 70.9 cm³/mol. The summed E-state index contributed by atoms with van der Waals surface area (Å²) in [4.78, 5) is 23.0. The van der Waals surface area contributed by atoms with Gasteiger partial charge < -0.3 is 4.74 Å². The quantitative estimate of drug-likeness (QED) is 0.468. The Kier molecular flexibility index (Phi) is 4.43. The number of benzene rings is 1. The summed E-state index contributed by atoms with van der Waals surface area (Å²) in [5.41, 5.74) is 4.98. The number of ketones is 1. The molecule has 0 aromatic heterocycles. The number of ether oxygens (including phenoxy) is 1. The molecule has 0 fully saturated rings. The molecular formula is C15H18O3. The molecule has 1 aromatic carbocycles. The fraction of sp³-hybridized carbons (Fsp3) is 0.333. The highest BCUT2D eigenvalue weighted by molar-refractivity contribution is 6.08. The Bertz CT molecular complexity index is 525. The van der Waals surface area contributed by atoms with E-state index >= 15 is 0 Å². The van der Waals surface area contributed by atoms with E-state index in [9.17, 15) is 9.59 Å². The van der Waals surface area contributed by atoms with Gasteiger partial charge in [0.05, 0.1) is 7.11 Å². The van der Waals surface area contributed by atoms with E-state index in [1.54, 1.807) is 0 Å². The minimum atomic E-state index is -0.526. The maximum atomic E-state index is 12.0. The number of carbonyl (C=O) groups excluding carboxylic acids is 2. The molecule has 1 rings (SSSR count). The number of esters is 1. The number of rotatable bonds is 3. The van der Waals surface area contributed by atoms with Crippen molar-refractivity contribution in [2.45, 2.75) is 27.7 Å². The average Bonchev–Trinajstić information content (AvgIpc) is 2.37. The van der Waals surface area contributed by atoms with Crippen molar-refractivity contribution in [3.8, 4) is 0 Å². The van der Waals surface area contributed by atoms with E-state index in [0.717, 1.165) is 22.8 Å². The fourth-order valence-corrected chi connectivity index (χ4v) is 1.77. The van der Waals surface area contributed by atoms with E-state index in [1.165, 1.54) is 18.7 Å². The number of methoxy groups -OCH3 is 1. The van der Waals surface area contributed by atoms with Gasteiger partial charge in [-0.3, -0.25) is 4.79 Å². The number of hydrogen-bond acceptors (Lipinski definition) is 3. The fourth-order valence-electron chi connectivity index (χ4n) is 1.77. The topological polar surface area (TPSA) is 43.4 Å². The molecule has 0 N–H and O–H groups in total. The standard InChI is InChI=1S/C15H18O3/c1-9-8-13(12(4)11(3)10(9)2)14(16)6-7-15(17)18-5/h6-8H,1-5H3/b7-6+. The van der Waals surface area contributed by atoms with Crippen LogP contribution in [0.4, 0.5) is 0 Å². The van der Waals surface area contributed by atoms with Crippen LogP contribution in [0, 0.1) is 27.7 Å². The van der Waals surface area contributed by atoms with Gasteiger partial charge in [0.1, 0.15) is 0 Å². The van der Waals surface area contributed by atoms with Gasteiger partial charge in [0.25, 0.3) is 0 Å². The van der Waals surface area contributed by atoms with Crippen molar-refractivity contribution in [2.24, 2.45) is 0 Å². The Balaban J connectivity index is 3.15. The highest BCUT2D eigenvalue weighted by atomic mass is 16.5. The molecule has 3 heteroatoms. The maximum absolute atomic E-state index is 12.0. The van der Waals surface area contributed by atoms with E-state index < -0.39 is 5.97 Å². The summed E-state index contributed by atoms with van der Waals surface area (Å²) >= 11 is 0. The number of hydrogen-bond donors (Lipinski definition) is 0. The van der Waals surface area contributed by atoms with Gasteiger partial charge in [0.2, 0.25) is 0 Å². The van der Waals surface area contributed by atoms with Gasteiger partial charge in [0.15, 0.2) is 5.78 Å². The molecule has 1 aromatic rings. The van der Waals surface area contributed by atoms with Crippen LogP contribution >= 0.6 is 0 Å². The molecule has 0 aliphatic carbocycles. The second kappa shape index (κ2) is 5.63. The molecule has 0 bridgehead atoms. The van der Waals surface area contributed by atoms with Gasteiger partial charge in [-0.15, -0.1) is 0 Å². The Hall–Kier alpha value is -1.90. The Labute approximate surface area is 107 Å². The molecule has 0 heterocycles. The third kappa shape index (κ3) is 2.86. The van der Waals surface area contributed by atoms with Crippen molar-refractivity contribution < 1.29 is 14.3 Å². The molecule has 0 spiro atoms. The summed E-state index contributed by atoms with van der Waals surface area (Å²) in [6, 6.07) is 1.86. The second-order valence-electron chi connectivity index (χ2n) is 4.34. The third-order valence-electron chi connectivity index (χ3n) is 3.32. The zero-order valence-corrected chi connectivity index (χ0v) is 11.5. The summed E-state index contributed by atoms with van der Waals surface area (Å²) < 4.78 is 4.46. The van der Waals surface area contributed by atoms with Crippen molar-refractivity contribution in [1.82, 2.24) is 0 Å². The Morgan fingerprint density at radius 1 is 1.00 bits per heavy atom. The lowest BCUT2D eigenvalue weighted by atomic mass is 9.92. The summed E-state index contributed by atoms with van der Waals surface area (Å²) in [5, 5.41) is 0. The first-order valence-corrected chi connectivity index (χ1v) is 5.76. The summed E-state index contributed by atoms with van der Waals surface area (Å²) in [6.07, 6.45) is 2.40. The highest BCUT2D eigenvalue weighted by Crippen LogP contribution is 2.21. The summed E-state index contributed by atoms with van der Waals surface area (Å²) in [5.74, 6) is -0.703. The molecule has 18 heavy (non-hydrogen) atoms. The number of allylic oxidation sites excluding steroid dienone is 1. The summed E-state index contributed by atoms with van der Waals surface area (Å²) in [7, 11) is 1.28. The minimum Gasteiger partial charge on any atom is -0.466 e. The number of aryl methyl sites for hydroxylation is 1. The van der Waals surface area contributed by atoms with Crippen molar-refractivity contribution in [3.63, 3.8) is 0 Å². The SMILES string of the molecule is COC(=O)/C=C/C(=O)c1cc(C)c(C)c(C)c1C. The molecule has 0 aliphatic rings. The van der Waals surface area contributed by atoms with Gasteiger partial charge >= 0.3 is 5.97 Å². The lowest BCUT2D eigenvalue weighted by molar-refractivity contribution is -0.134. The van der Waals surface area contributed by atoms with Crippen LogP contribution in [0.5, 0.6) is 0 Å². The molecule has 96 valence electrons. The first-order chi connectivity index (χ1) is 8.38. The van der Waals surface area contributed by atoms with Crippen molar-refractivity contribution in [2.75, 3.05) is 7.11 Å². The predicted octanol–water partition coefficient (Wildman–Crippen LogP) is 2.83. The van der Waals surface area contributed by atoms with E-state index in [-0.39, 0.29) is 5.78 Å². The molecule has 0 saturated heterocycles. The first-order valence-electron chi connectivity index (χ1n) is 5.76. The van der Waals surface area contributed by atoms with Gasteiger partial charge in [-0.25, -0.2) is 4.79 Å². The summed E-state index contributed by atoms with van der Waals surface area (Å²) in [6.45, 7) is 7.93. The highest BCUT2D eigenvalue weighted by Gasteiger charge is 2.11. The molecule has 0 amide bonds. The molecule has 3 nitrogen and oxygen atoms in total. The normalized spacial score (nSPS) is 10.7. The van der Waals surface area contributed by atoms with Crippen molar-refractivity contribution >= 4 is 11.8 Å². The zero-order chi connectivity index (χ0) is 13.9. The van der Waals surface area contributed by atoms with Crippen LogP contribution in [-0.2, 0) is 9.53 Å². The van der Waals surface area contributed by atoms with Crippen molar-refractivity contribution in [1.29, 1.82) is 0 Å². The van der Waals surface area contributed by atoms with Gasteiger partial charge in [-0.05, 0) is 62.1 Å². The van der Waals surface area contributed by atoms with E-state index in [2.05, 4.69) is 4.74 Å². The minimum absolute atomic E-state index is 0.177. The van der Waals surface area contributed by atoms with Crippen LogP contribution in [0.1, 0.15) is 32.6 Å². The van der Waals surface area contributed by atoms with Gasteiger partial charge in [-0.1, -0.05) is 0 Å². The van der Waals surface area contributed by atoms with Gasteiger partial charge in [-0.2, -0.15) is 0 Å². The molecule has 0 atom stereocenters. The molecule has 0 saturated carbocycles. The Morgan fingerprint density at radius 2 is 1.61 bits per heavy atom. The first kappa shape index (κ1) is 14.2. The Morgan fingerprint density at radius 3 is 2.17 bits per heavy atom. The van der Waals surface area contributed by atoms with Crippen molar-refractivity contribution in [3.05, 3.63) is 46.0 Å². The molecule has 0 radical (unpaired) electrons. The van der Waals surface area contributed by atoms with Crippen LogP contribution in [0.15, 0.2) is 18.2 Å². The largest absolute Gasteiger partial charge is 0.466 e. The molecular weight excluding hydrogens is 228 g/mol. The van der Waals surface area contributed by atoms with E-state index in [4.69, 9.17) is 0 Å². The smallest absolute Gasteiger partial charge is 0.330 e. The van der Waals surface area contributed by atoms with Crippen LogP contribution in [0.25, 0.3) is 0 Å². The molecule has 0 unspecified atom stereocenters. The van der Waals surface area contributed by atoms with E-state index in [1.807, 2.05) is 33.8 Å². The van der Waals surface area contributed by atoms with Crippen LogP contribution < -0.4 is 0 Å². The second-order valence-corrected chi connectivity index (χ2v) is 4.34. The maximum Gasteiger partial charge on any atom is 0.330 e. The van der Waals surface area contributed by atoms with Gasteiger partial charge in [0, 0.05) is 11.6 Å².